The van der Waals surface area contributed by atoms with Crippen molar-refractivity contribution in [1.82, 2.24) is 0 Å². The number of nitrogens with two attached hydrogens (primary N) is 2. The monoisotopic (exact) mass is 520 g/mol. The molecular formula is C33H32N2O4. The van der Waals surface area contributed by atoms with Gasteiger partial charge in [0.05, 0.1) is 6.61 Å². The van der Waals surface area contributed by atoms with Crippen molar-refractivity contribution in [3.8, 4) is 28.0 Å². The minimum absolute atomic E-state index is 0.134. The zero-order valence-corrected chi connectivity index (χ0v) is 21.9. The number of esters is 2. The average molecular weight is 521 g/mol. The number of carbonyl (C=O) groups is 2. The normalized spacial score (nSPS) is 10.9. The van der Waals surface area contributed by atoms with E-state index < -0.39 is 11.9 Å². The van der Waals surface area contributed by atoms with E-state index in [9.17, 15) is 9.59 Å². The third-order valence-corrected chi connectivity index (χ3v) is 6.14. The van der Waals surface area contributed by atoms with Crippen LogP contribution in [0, 0.1) is 0 Å². The van der Waals surface area contributed by atoms with E-state index in [1.165, 1.54) is 11.1 Å². The van der Waals surface area contributed by atoms with Crippen LogP contribution >= 0.6 is 0 Å². The number of aryl methyl sites for hydroxylation is 1. The van der Waals surface area contributed by atoms with Crippen LogP contribution in [-0.2, 0) is 27.2 Å². The number of nitrogen functional groups attached to an aromatic ring is 2. The van der Waals surface area contributed by atoms with Crippen LogP contribution in [0.3, 0.4) is 0 Å². The molecule has 6 nitrogen and oxygen atoms in total. The zero-order chi connectivity index (χ0) is 27.6. The molecule has 4 aromatic carbocycles. The standard InChI is InChI=1S/C33H32N2O4/c1-2-3-23-4-6-25(7-5-23)26-8-10-27(11-9-26)28-12-14-31(15-13-28)39-33(37)17-16-32(36)38-19-18-24-20-29(34)22-30(35)21-24/h4-17,20-22H,2-3,18-19,34-35H2,1H3/b17-16-. The Labute approximate surface area is 228 Å². The van der Waals surface area contributed by atoms with E-state index in [1.54, 1.807) is 30.3 Å². The molecular weight excluding hydrogens is 488 g/mol. The van der Waals surface area contributed by atoms with Gasteiger partial charge in [0, 0.05) is 29.9 Å². The van der Waals surface area contributed by atoms with Gasteiger partial charge >= 0.3 is 11.9 Å². The van der Waals surface area contributed by atoms with Gasteiger partial charge in [0.2, 0.25) is 0 Å². The smallest absolute Gasteiger partial charge is 0.336 e. The van der Waals surface area contributed by atoms with Crippen molar-refractivity contribution in [3.05, 3.63) is 114 Å². The summed E-state index contributed by atoms with van der Waals surface area (Å²) in [6, 6.07) is 29.5. The van der Waals surface area contributed by atoms with Gasteiger partial charge in [-0.15, -0.1) is 0 Å². The first kappa shape index (κ1) is 27.2. The number of rotatable bonds is 10. The van der Waals surface area contributed by atoms with Crippen LogP contribution in [0.25, 0.3) is 22.3 Å². The first-order valence-electron chi connectivity index (χ1n) is 12.9. The zero-order valence-electron chi connectivity index (χ0n) is 21.9. The maximum atomic E-state index is 12.1. The van der Waals surface area contributed by atoms with E-state index in [-0.39, 0.29) is 6.61 Å². The molecule has 6 heteroatoms. The molecule has 0 saturated heterocycles. The van der Waals surface area contributed by atoms with E-state index in [1.807, 2.05) is 12.1 Å². The number of benzene rings is 4. The maximum Gasteiger partial charge on any atom is 0.336 e. The second-order valence-electron chi connectivity index (χ2n) is 9.23. The molecule has 4 N–H and O–H groups in total. The van der Waals surface area contributed by atoms with Crippen LogP contribution in [0.4, 0.5) is 11.4 Å². The van der Waals surface area contributed by atoms with Crippen LogP contribution in [0.1, 0.15) is 24.5 Å². The van der Waals surface area contributed by atoms with Gasteiger partial charge < -0.3 is 20.9 Å². The summed E-state index contributed by atoms with van der Waals surface area (Å²) < 4.78 is 10.4. The van der Waals surface area contributed by atoms with Crippen molar-refractivity contribution in [2.45, 2.75) is 26.2 Å². The Morgan fingerprint density at radius 2 is 1.13 bits per heavy atom. The molecule has 0 atom stereocenters. The fourth-order valence-electron chi connectivity index (χ4n) is 4.22. The summed E-state index contributed by atoms with van der Waals surface area (Å²) in [7, 11) is 0. The number of anilines is 2. The minimum atomic E-state index is -0.669. The van der Waals surface area contributed by atoms with Crippen molar-refractivity contribution in [3.63, 3.8) is 0 Å². The van der Waals surface area contributed by atoms with Crippen molar-refractivity contribution in [2.75, 3.05) is 18.1 Å². The van der Waals surface area contributed by atoms with Crippen LogP contribution in [0.2, 0.25) is 0 Å². The Morgan fingerprint density at radius 3 is 1.67 bits per heavy atom. The van der Waals surface area contributed by atoms with Gasteiger partial charge in [-0.2, -0.15) is 0 Å². The molecule has 0 aliphatic carbocycles. The number of hydrogen-bond donors (Lipinski definition) is 2. The Kier molecular flexibility index (Phi) is 9.14. The van der Waals surface area contributed by atoms with Crippen molar-refractivity contribution < 1.29 is 19.1 Å². The van der Waals surface area contributed by atoms with Crippen molar-refractivity contribution >= 4 is 23.3 Å². The molecule has 0 aliphatic rings. The lowest BCUT2D eigenvalue weighted by Crippen LogP contribution is -2.08. The predicted molar refractivity (Wildman–Crippen MR) is 156 cm³/mol. The molecule has 4 aromatic rings. The van der Waals surface area contributed by atoms with Gasteiger partial charge in [-0.3, -0.25) is 0 Å². The average Bonchev–Trinajstić information content (AvgIpc) is 2.93. The summed E-state index contributed by atoms with van der Waals surface area (Å²) >= 11 is 0. The summed E-state index contributed by atoms with van der Waals surface area (Å²) in [6.07, 6.45) is 4.78. The molecule has 0 fully saturated rings. The van der Waals surface area contributed by atoms with Gasteiger partial charge in [0.15, 0.2) is 0 Å². The maximum absolute atomic E-state index is 12.1. The third-order valence-electron chi connectivity index (χ3n) is 6.14. The SMILES string of the molecule is CCCc1ccc(-c2ccc(-c3ccc(OC(=O)/C=C\C(=O)OCCc4cc(N)cc(N)c4)cc3)cc2)cc1. The lowest BCUT2D eigenvalue weighted by molar-refractivity contribution is -0.138. The highest BCUT2D eigenvalue weighted by Gasteiger charge is 2.06. The molecule has 0 saturated carbocycles. The highest BCUT2D eigenvalue weighted by Crippen LogP contribution is 2.27. The van der Waals surface area contributed by atoms with E-state index in [0.29, 0.717) is 23.5 Å². The summed E-state index contributed by atoms with van der Waals surface area (Å²) in [6.45, 7) is 2.32. The van der Waals surface area contributed by atoms with Gasteiger partial charge in [0.1, 0.15) is 5.75 Å². The molecule has 0 bridgehead atoms. The summed E-state index contributed by atoms with van der Waals surface area (Å²) in [5.41, 5.74) is 19.2. The van der Waals surface area contributed by atoms with Gasteiger partial charge in [-0.25, -0.2) is 9.59 Å². The Bertz CT molecular complexity index is 1420. The predicted octanol–water partition coefficient (Wildman–Crippen LogP) is 6.39. The molecule has 0 unspecified atom stereocenters. The molecule has 198 valence electrons. The first-order valence-corrected chi connectivity index (χ1v) is 12.9. The number of carbonyl (C=O) groups excluding carboxylic acids is 2. The molecule has 0 aliphatic heterocycles. The van der Waals surface area contributed by atoms with Gasteiger partial charge in [-0.05, 0) is 70.1 Å². The third kappa shape index (κ3) is 8.07. The van der Waals surface area contributed by atoms with E-state index in [4.69, 9.17) is 20.9 Å². The second kappa shape index (κ2) is 13.1. The molecule has 0 aromatic heterocycles. The molecule has 0 radical (unpaired) electrons. The van der Waals surface area contributed by atoms with E-state index >= 15 is 0 Å². The van der Waals surface area contributed by atoms with Crippen molar-refractivity contribution in [1.29, 1.82) is 0 Å². The van der Waals surface area contributed by atoms with Gasteiger partial charge in [0.25, 0.3) is 0 Å². The van der Waals surface area contributed by atoms with Crippen molar-refractivity contribution in [2.24, 2.45) is 0 Å². The number of hydrogen-bond acceptors (Lipinski definition) is 6. The Hall–Kier alpha value is -4.84. The lowest BCUT2D eigenvalue weighted by atomic mass is 9.99. The van der Waals surface area contributed by atoms with Gasteiger partial charge in [-0.1, -0.05) is 74.0 Å². The second-order valence-corrected chi connectivity index (χ2v) is 9.23. The fourth-order valence-corrected chi connectivity index (χ4v) is 4.22. The summed E-state index contributed by atoms with van der Waals surface area (Å²) in [5.74, 6) is -0.929. The molecule has 0 spiro atoms. The Balaban J connectivity index is 1.26. The summed E-state index contributed by atoms with van der Waals surface area (Å²) in [4.78, 5) is 24.0. The minimum Gasteiger partial charge on any atom is -0.462 e. The molecule has 39 heavy (non-hydrogen) atoms. The molecule has 0 amide bonds. The lowest BCUT2D eigenvalue weighted by Gasteiger charge is -2.07. The fraction of sp³-hybridized carbons (Fsp3) is 0.152. The first-order chi connectivity index (χ1) is 18.9. The molecule has 0 heterocycles. The quantitative estimate of drug-likeness (QED) is 0.109. The highest BCUT2D eigenvalue weighted by molar-refractivity contribution is 5.92. The Morgan fingerprint density at radius 1 is 0.641 bits per heavy atom. The summed E-state index contributed by atoms with van der Waals surface area (Å²) in [5, 5.41) is 0. The highest BCUT2D eigenvalue weighted by atomic mass is 16.5. The number of ether oxygens (including phenoxy) is 2. The van der Waals surface area contributed by atoms with Crippen LogP contribution in [-0.4, -0.2) is 18.5 Å². The van der Waals surface area contributed by atoms with E-state index in [0.717, 1.165) is 47.2 Å². The topological polar surface area (TPSA) is 105 Å². The van der Waals surface area contributed by atoms with Crippen LogP contribution < -0.4 is 16.2 Å². The van der Waals surface area contributed by atoms with Crippen LogP contribution in [0.5, 0.6) is 5.75 Å². The molecule has 4 rings (SSSR count). The van der Waals surface area contributed by atoms with Crippen LogP contribution in [0.15, 0.2) is 103 Å². The largest absolute Gasteiger partial charge is 0.462 e. The van der Waals surface area contributed by atoms with E-state index in [2.05, 4.69) is 55.5 Å².